The zero-order valence-corrected chi connectivity index (χ0v) is 15.8. The second kappa shape index (κ2) is 6.68. The first-order valence-electron chi connectivity index (χ1n) is 9.14. The largest absolute Gasteiger partial charge is 0.345 e. The van der Waals surface area contributed by atoms with Gasteiger partial charge in [0.2, 0.25) is 5.91 Å². The lowest BCUT2D eigenvalue weighted by Gasteiger charge is -2.36. The Kier molecular flexibility index (Phi) is 4.54. The minimum Gasteiger partial charge on any atom is -0.345 e. The van der Waals surface area contributed by atoms with E-state index < -0.39 is 0 Å². The van der Waals surface area contributed by atoms with Crippen molar-refractivity contribution in [3.63, 3.8) is 0 Å². The Bertz CT molecular complexity index is 683. The van der Waals surface area contributed by atoms with E-state index in [1.54, 1.807) is 11.8 Å². The summed E-state index contributed by atoms with van der Waals surface area (Å²) in [6, 6.07) is 2.57. The Labute approximate surface area is 152 Å². The second-order valence-electron chi connectivity index (χ2n) is 7.28. The number of thioether (sulfide) groups is 1. The van der Waals surface area contributed by atoms with Crippen molar-refractivity contribution in [2.75, 3.05) is 37.8 Å². The minimum atomic E-state index is -0.0512. The molecule has 25 heavy (non-hydrogen) atoms. The van der Waals surface area contributed by atoms with Crippen molar-refractivity contribution in [3.8, 4) is 0 Å². The smallest absolute Gasteiger partial charge is 0.255 e. The molecule has 1 N–H and O–H groups in total. The number of rotatable bonds is 3. The van der Waals surface area contributed by atoms with Crippen LogP contribution in [0.4, 0.5) is 0 Å². The zero-order chi connectivity index (χ0) is 17.6. The van der Waals surface area contributed by atoms with Crippen LogP contribution in [0.3, 0.4) is 0 Å². The van der Waals surface area contributed by atoms with Gasteiger partial charge >= 0.3 is 0 Å². The van der Waals surface area contributed by atoms with Crippen molar-refractivity contribution in [2.24, 2.45) is 0 Å². The molecular weight excluding hydrogens is 336 g/mol. The second-order valence-corrected chi connectivity index (χ2v) is 8.31. The van der Waals surface area contributed by atoms with Crippen LogP contribution in [0.5, 0.6) is 0 Å². The Morgan fingerprint density at radius 2 is 1.80 bits per heavy atom. The summed E-state index contributed by atoms with van der Waals surface area (Å²) in [5, 5.41) is 3.23. The van der Waals surface area contributed by atoms with E-state index in [9.17, 15) is 9.59 Å². The fourth-order valence-electron chi connectivity index (χ4n) is 3.96. The number of piperazine rings is 1. The van der Waals surface area contributed by atoms with Crippen molar-refractivity contribution in [3.05, 3.63) is 23.0 Å². The molecule has 2 amide bonds. The summed E-state index contributed by atoms with van der Waals surface area (Å²) in [6.07, 6.45) is 2.44. The van der Waals surface area contributed by atoms with Crippen LogP contribution in [0.25, 0.3) is 0 Å². The number of amides is 2. The van der Waals surface area contributed by atoms with Crippen molar-refractivity contribution >= 4 is 23.6 Å². The van der Waals surface area contributed by atoms with E-state index in [1.165, 1.54) is 18.5 Å². The monoisotopic (exact) mass is 362 g/mol. The zero-order valence-electron chi connectivity index (χ0n) is 15.0. The first kappa shape index (κ1) is 17.0. The molecule has 7 heteroatoms. The van der Waals surface area contributed by atoms with E-state index in [-0.39, 0.29) is 17.9 Å². The van der Waals surface area contributed by atoms with Gasteiger partial charge in [0.25, 0.3) is 5.91 Å². The maximum absolute atomic E-state index is 13.0. The summed E-state index contributed by atoms with van der Waals surface area (Å²) in [5.74, 6) is 2.00. The molecule has 3 aliphatic rings. The quantitative estimate of drug-likeness (QED) is 0.883. The number of aryl methyl sites for hydroxylation is 1. The number of carbonyl (C=O) groups excluding carboxylic acids is 2. The van der Waals surface area contributed by atoms with E-state index >= 15 is 0 Å². The van der Waals surface area contributed by atoms with Crippen LogP contribution in [0, 0.1) is 13.8 Å². The van der Waals surface area contributed by atoms with Gasteiger partial charge in [0.1, 0.15) is 0 Å². The first-order valence-corrected chi connectivity index (χ1v) is 10.3. The summed E-state index contributed by atoms with van der Waals surface area (Å²) in [5.41, 5.74) is 3.11. The Morgan fingerprint density at radius 3 is 2.40 bits per heavy atom. The Balaban J connectivity index is 1.40. The van der Waals surface area contributed by atoms with Gasteiger partial charge in [-0.3, -0.25) is 14.9 Å². The van der Waals surface area contributed by atoms with Gasteiger partial charge in [-0.1, -0.05) is 0 Å². The average molecular weight is 362 g/mol. The fourth-order valence-corrected chi connectivity index (χ4v) is 4.90. The molecule has 0 radical (unpaired) electrons. The van der Waals surface area contributed by atoms with Crippen molar-refractivity contribution in [1.82, 2.24) is 19.7 Å². The van der Waals surface area contributed by atoms with E-state index in [0.29, 0.717) is 32.2 Å². The molecule has 1 unspecified atom stereocenters. The number of aromatic nitrogens is 1. The molecule has 1 aromatic heterocycles. The average Bonchev–Trinajstić information content (AvgIpc) is 3.19. The molecule has 1 aromatic rings. The van der Waals surface area contributed by atoms with E-state index in [2.05, 4.69) is 23.7 Å². The molecule has 1 atom stereocenters. The van der Waals surface area contributed by atoms with E-state index in [0.717, 1.165) is 22.9 Å². The number of nitrogens with one attached hydrogen (secondary N) is 1. The van der Waals surface area contributed by atoms with Crippen LogP contribution in [-0.4, -0.2) is 70.0 Å². The summed E-state index contributed by atoms with van der Waals surface area (Å²) in [6.45, 7) is 6.66. The molecule has 2 saturated heterocycles. The third-order valence-electron chi connectivity index (χ3n) is 5.52. The van der Waals surface area contributed by atoms with Crippen LogP contribution < -0.4 is 5.32 Å². The van der Waals surface area contributed by atoms with Gasteiger partial charge in [-0.05, 0) is 32.8 Å². The maximum atomic E-state index is 13.0. The molecule has 3 heterocycles. The SMILES string of the molecule is Cc1cc(C(=O)N2CCN(C(=O)C3CSCN3)CC2)c(C)n1C1CC1. The maximum Gasteiger partial charge on any atom is 0.255 e. The fraction of sp³-hybridized carbons (Fsp3) is 0.667. The lowest BCUT2D eigenvalue weighted by Crippen LogP contribution is -2.54. The number of hydrogen-bond donors (Lipinski definition) is 1. The Hall–Kier alpha value is -1.47. The molecule has 1 saturated carbocycles. The topological polar surface area (TPSA) is 57.6 Å². The van der Waals surface area contributed by atoms with Crippen LogP contribution in [0.2, 0.25) is 0 Å². The Morgan fingerprint density at radius 1 is 1.12 bits per heavy atom. The van der Waals surface area contributed by atoms with Gasteiger partial charge in [-0.2, -0.15) is 0 Å². The van der Waals surface area contributed by atoms with Crippen LogP contribution in [0.1, 0.15) is 40.6 Å². The van der Waals surface area contributed by atoms with Crippen LogP contribution in [0.15, 0.2) is 6.07 Å². The highest BCUT2D eigenvalue weighted by Gasteiger charge is 2.33. The van der Waals surface area contributed by atoms with Crippen LogP contribution >= 0.6 is 11.8 Å². The lowest BCUT2D eigenvalue weighted by atomic mass is 10.2. The number of carbonyl (C=O) groups is 2. The highest BCUT2D eigenvalue weighted by molar-refractivity contribution is 7.99. The van der Waals surface area contributed by atoms with Crippen molar-refractivity contribution < 1.29 is 9.59 Å². The van der Waals surface area contributed by atoms with E-state index in [4.69, 9.17) is 0 Å². The minimum absolute atomic E-state index is 0.0512. The number of hydrogen-bond acceptors (Lipinski definition) is 4. The van der Waals surface area contributed by atoms with Crippen molar-refractivity contribution in [1.29, 1.82) is 0 Å². The van der Waals surface area contributed by atoms with Gasteiger partial charge in [-0.25, -0.2) is 0 Å². The van der Waals surface area contributed by atoms with E-state index in [1.807, 2.05) is 15.9 Å². The predicted octanol–water partition coefficient (Wildman–Crippen LogP) is 1.39. The third-order valence-corrected chi connectivity index (χ3v) is 6.46. The molecule has 2 aliphatic heterocycles. The summed E-state index contributed by atoms with van der Waals surface area (Å²) < 4.78 is 2.32. The lowest BCUT2D eigenvalue weighted by molar-refractivity contribution is -0.134. The van der Waals surface area contributed by atoms with Crippen LogP contribution in [-0.2, 0) is 4.79 Å². The third kappa shape index (κ3) is 3.19. The van der Waals surface area contributed by atoms with Gasteiger partial charge in [-0.15, -0.1) is 11.8 Å². The molecule has 0 bridgehead atoms. The molecule has 0 spiro atoms. The standard InChI is InChI=1S/C18H26N4O2S/c1-12-9-15(13(2)22(12)14-3-4-14)17(23)20-5-7-21(8-6-20)18(24)16-10-25-11-19-16/h9,14,16,19H,3-8,10-11H2,1-2H3. The van der Waals surface area contributed by atoms with Gasteiger partial charge in [0.05, 0.1) is 11.6 Å². The highest BCUT2D eigenvalue weighted by atomic mass is 32.2. The van der Waals surface area contributed by atoms with Gasteiger partial charge < -0.3 is 14.4 Å². The molecule has 3 fully saturated rings. The molecule has 1 aliphatic carbocycles. The molecule has 6 nitrogen and oxygen atoms in total. The van der Waals surface area contributed by atoms with Crippen molar-refractivity contribution in [2.45, 2.75) is 38.8 Å². The van der Waals surface area contributed by atoms with Gasteiger partial charge in [0.15, 0.2) is 0 Å². The van der Waals surface area contributed by atoms with Gasteiger partial charge in [0, 0.05) is 55.2 Å². The molecule has 136 valence electrons. The predicted molar refractivity (Wildman–Crippen MR) is 98.9 cm³/mol. The summed E-state index contributed by atoms with van der Waals surface area (Å²) in [4.78, 5) is 29.2. The number of nitrogens with zero attached hydrogens (tertiary/aromatic N) is 3. The molecule has 4 rings (SSSR count). The summed E-state index contributed by atoms with van der Waals surface area (Å²) >= 11 is 1.76. The first-order chi connectivity index (χ1) is 12.1. The summed E-state index contributed by atoms with van der Waals surface area (Å²) in [7, 11) is 0. The molecular formula is C18H26N4O2S. The normalized spacial score (nSPS) is 24.0. The molecule has 0 aromatic carbocycles. The highest BCUT2D eigenvalue weighted by Crippen LogP contribution is 2.38.